The van der Waals surface area contributed by atoms with Crippen LogP contribution in [0.25, 0.3) is 0 Å². The number of ether oxygens (including phenoxy) is 2. The largest absolute Gasteiger partial charge is 0.586 e. The van der Waals surface area contributed by atoms with Crippen LogP contribution in [-0.2, 0) is 4.84 Å². The number of nitrogens with two attached hydrogens (primary N) is 1. The number of benzene rings is 1. The molecule has 0 saturated heterocycles. The molecule has 1 fully saturated rings. The number of ketones is 1. The number of fused-ring (bicyclic) bond motifs is 1. The maximum atomic E-state index is 12.9. The van der Waals surface area contributed by atoms with Crippen LogP contribution in [0, 0.1) is 11.8 Å². The summed E-state index contributed by atoms with van der Waals surface area (Å²) >= 11 is 0. The molecule has 21 heavy (non-hydrogen) atoms. The van der Waals surface area contributed by atoms with Crippen LogP contribution in [0.5, 0.6) is 11.5 Å². The zero-order valence-electron chi connectivity index (χ0n) is 11.0. The highest BCUT2D eigenvalue weighted by molar-refractivity contribution is 6.04. The van der Waals surface area contributed by atoms with Crippen molar-refractivity contribution in [3.05, 3.63) is 23.8 Å². The van der Waals surface area contributed by atoms with Gasteiger partial charge < -0.3 is 20.0 Å². The number of amidine groups is 1. The first-order valence-corrected chi connectivity index (χ1v) is 6.22. The standard InChI is InChI=1S/C13H12F2N2O4/c1-19-17-12(16)8-5-7(8)11(18)6-2-3-9-10(4-6)21-13(14,15)20-9/h2-4,7-8H,5H2,1H3,(H2,16,17)/t7-,8-/m0/s1. The minimum Gasteiger partial charge on any atom is -0.398 e. The maximum Gasteiger partial charge on any atom is 0.586 e. The molecular formula is C13H12F2N2O4. The first-order valence-electron chi connectivity index (χ1n) is 6.22. The molecule has 2 N–H and O–H groups in total. The van der Waals surface area contributed by atoms with E-state index in [0.717, 1.165) is 0 Å². The van der Waals surface area contributed by atoms with Gasteiger partial charge in [0.1, 0.15) is 12.9 Å². The van der Waals surface area contributed by atoms with E-state index in [0.29, 0.717) is 6.42 Å². The summed E-state index contributed by atoms with van der Waals surface area (Å²) in [6.45, 7) is 0. The number of halogens is 2. The van der Waals surface area contributed by atoms with E-state index in [1.807, 2.05) is 0 Å². The van der Waals surface area contributed by atoms with Crippen molar-refractivity contribution in [2.75, 3.05) is 7.11 Å². The lowest BCUT2D eigenvalue weighted by atomic mass is 10.1. The summed E-state index contributed by atoms with van der Waals surface area (Å²) in [4.78, 5) is 16.8. The summed E-state index contributed by atoms with van der Waals surface area (Å²) in [6, 6.07) is 3.95. The fourth-order valence-electron chi connectivity index (χ4n) is 2.30. The van der Waals surface area contributed by atoms with Crippen molar-refractivity contribution in [3.63, 3.8) is 0 Å². The van der Waals surface area contributed by atoms with Gasteiger partial charge >= 0.3 is 6.29 Å². The lowest BCUT2D eigenvalue weighted by molar-refractivity contribution is -0.286. The van der Waals surface area contributed by atoms with Gasteiger partial charge in [0.05, 0.1) is 0 Å². The molecule has 6 nitrogen and oxygen atoms in total. The Morgan fingerprint density at radius 3 is 2.81 bits per heavy atom. The molecule has 1 aromatic rings. The minimum absolute atomic E-state index is 0.0932. The summed E-state index contributed by atoms with van der Waals surface area (Å²) in [5.41, 5.74) is 5.92. The van der Waals surface area contributed by atoms with E-state index in [1.54, 1.807) is 0 Å². The number of carbonyl (C=O) groups is 1. The molecule has 1 aliphatic heterocycles. The fourth-order valence-corrected chi connectivity index (χ4v) is 2.30. The highest BCUT2D eigenvalue weighted by Gasteiger charge is 2.47. The van der Waals surface area contributed by atoms with Crippen LogP contribution in [0.1, 0.15) is 16.8 Å². The predicted molar refractivity (Wildman–Crippen MR) is 67.2 cm³/mol. The molecule has 0 amide bonds. The third-order valence-electron chi connectivity index (χ3n) is 3.39. The Hall–Kier alpha value is -2.38. The fraction of sp³-hybridized carbons (Fsp3) is 0.385. The number of hydrogen-bond donors (Lipinski definition) is 1. The van der Waals surface area contributed by atoms with Crippen molar-refractivity contribution in [1.29, 1.82) is 0 Å². The van der Waals surface area contributed by atoms with Crippen LogP contribution in [0.2, 0.25) is 0 Å². The van der Waals surface area contributed by atoms with E-state index in [1.165, 1.54) is 25.3 Å². The second-order valence-electron chi connectivity index (χ2n) is 4.84. The summed E-state index contributed by atoms with van der Waals surface area (Å²) in [5.74, 6) is -0.681. The van der Waals surface area contributed by atoms with Gasteiger partial charge in [-0.1, -0.05) is 5.16 Å². The SMILES string of the molecule is CO/N=C(\N)[C@H]1C[C@@H]1C(=O)c1ccc2c(c1)OC(F)(F)O2. The van der Waals surface area contributed by atoms with E-state index < -0.39 is 6.29 Å². The Morgan fingerprint density at radius 1 is 1.38 bits per heavy atom. The van der Waals surface area contributed by atoms with Gasteiger partial charge in [0.2, 0.25) is 0 Å². The van der Waals surface area contributed by atoms with E-state index in [-0.39, 0.29) is 40.5 Å². The van der Waals surface area contributed by atoms with Crippen molar-refractivity contribution in [2.24, 2.45) is 22.7 Å². The number of Topliss-reactive ketones (excluding diaryl/α,β-unsaturated/α-hetero) is 1. The maximum absolute atomic E-state index is 12.9. The number of alkyl halides is 2. The first-order chi connectivity index (χ1) is 9.91. The number of nitrogens with zero attached hydrogens (tertiary/aromatic N) is 1. The summed E-state index contributed by atoms with van der Waals surface area (Å²) < 4.78 is 34.4. The topological polar surface area (TPSA) is 83.1 Å². The summed E-state index contributed by atoms with van der Waals surface area (Å²) in [7, 11) is 1.37. The highest BCUT2D eigenvalue weighted by atomic mass is 19.3. The zero-order chi connectivity index (χ0) is 15.2. The van der Waals surface area contributed by atoms with Crippen molar-refractivity contribution in [2.45, 2.75) is 12.7 Å². The molecule has 2 aliphatic rings. The average Bonchev–Trinajstić information content (AvgIpc) is 3.14. The smallest absolute Gasteiger partial charge is 0.398 e. The third kappa shape index (κ3) is 2.48. The van der Waals surface area contributed by atoms with Gasteiger partial charge in [-0.3, -0.25) is 4.79 Å². The number of oxime groups is 1. The van der Waals surface area contributed by atoms with Crippen LogP contribution in [0.4, 0.5) is 8.78 Å². The van der Waals surface area contributed by atoms with Gasteiger partial charge in [0.15, 0.2) is 17.3 Å². The Labute approximate surface area is 118 Å². The average molecular weight is 298 g/mol. The molecule has 1 aliphatic carbocycles. The van der Waals surface area contributed by atoms with Gasteiger partial charge in [-0.05, 0) is 24.6 Å². The summed E-state index contributed by atoms with van der Waals surface area (Å²) in [6.07, 6.45) is -3.14. The molecule has 112 valence electrons. The van der Waals surface area contributed by atoms with Crippen LogP contribution in [0.3, 0.4) is 0 Å². The van der Waals surface area contributed by atoms with Crippen molar-refractivity contribution >= 4 is 11.6 Å². The molecule has 1 aromatic carbocycles. The zero-order valence-corrected chi connectivity index (χ0v) is 11.0. The molecular weight excluding hydrogens is 286 g/mol. The van der Waals surface area contributed by atoms with E-state index >= 15 is 0 Å². The molecule has 0 bridgehead atoms. The lowest BCUT2D eigenvalue weighted by Gasteiger charge is -2.04. The van der Waals surface area contributed by atoms with Crippen LogP contribution >= 0.6 is 0 Å². The second kappa shape index (κ2) is 4.57. The normalized spacial score (nSPS) is 25.6. The Morgan fingerprint density at radius 2 is 2.10 bits per heavy atom. The number of carbonyl (C=O) groups excluding carboxylic acids is 1. The molecule has 1 heterocycles. The van der Waals surface area contributed by atoms with Gasteiger partial charge in [-0.2, -0.15) is 0 Å². The second-order valence-corrected chi connectivity index (χ2v) is 4.84. The van der Waals surface area contributed by atoms with Crippen molar-refractivity contribution in [3.8, 4) is 11.5 Å². The van der Waals surface area contributed by atoms with Gasteiger partial charge in [0, 0.05) is 17.4 Å². The van der Waals surface area contributed by atoms with E-state index in [9.17, 15) is 13.6 Å². The summed E-state index contributed by atoms with van der Waals surface area (Å²) in [5, 5.41) is 3.59. The predicted octanol–water partition coefficient (Wildman–Crippen LogP) is 1.75. The molecule has 0 aromatic heterocycles. The van der Waals surface area contributed by atoms with Crippen molar-refractivity contribution < 1.29 is 27.9 Å². The van der Waals surface area contributed by atoms with Crippen LogP contribution in [0.15, 0.2) is 23.4 Å². The molecule has 0 unspecified atom stereocenters. The molecule has 0 radical (unpaired) electrons. The minimum atomic E-state index is -3.69. The quantitative estimate of drug-likeness (QED) is 0.396. The number of rotatable bonds is 4. The lowest BCUT2D eigenvalue weighted by Crippen LogP contribution is -2.25. The Bertz CT molecular complexity index is 633. The monoisotopic (exact) mass is 298 g/mol. The van der Waals surface area contributed by atoms with Crippen LogP contribution < -0.4 is 15.2 Å². The van der Waals surface area contributed by atoms with Crippen LogP contribution in [-0.4, -0.2) is 25.0 Å². The molecule has 1 saturated carbocycles. The third-order valence-corrected chi connectivity index (χ3v) is 3.39. The molecule has 0 spiro atoms. The van der Waals surface area contributed by atoms with Gasteiger partial charge in [-0.15, -0.1) is 8.78 Å². The van der Waals surface area contributed by atoms with Gasteiger partial charge in [0.25, 0.3) is 0 Å². The first kappa shape index (κ1) is 13.6. The highest BCUT2D eigenvalue weighted by Crippen LogP contribution is 2.44. The van der Waals surface area contributed by atoms with Gasteiger partial charge in [-0.25, -0.2) is 0 Å². The van der Waals surface area contributed by atoms with Crippen molar-refractivity contribution in [1.82, 2.24) is 0 Å². The van der Waals surface area contributed by atoms with E-state index in [4.69, 9.17) is 5.73 Å². The number of hydrogen-bond acceptors (Lipinski definition) is 5. The molecule has 2 atom stereocenters. The Balaban J connectivity index is 1.75. The molecule has 8 heteroatoms. The molecule has 3 rings (SSSR count). The van der Waals surface area contributed by atoms with E-state index in [2.05, 4.69) is 19.5 Å². The Kier molecular flexibility index (Phi) is 2.96.